The first-order chi connectivity index (χ1) is 15.9. The summed E-state index contributed by atoms with van der Waals surface area (Å²) in [7, 11) is 2.98. The minimum atomic E-state index is -0.524. The van der Waals surface area contributed by atoms with E-state index >= 15 is 0 Å². The van der Waals surface area contributed by atoms with Gasteiger partial charge in [0.05, 0.1) is 20.1 Å². The van der Waals surface area contributed by atoms with E-state index in [9.17, 15) is 14.4 Å². The summed E-state index contributed by atoms with van der Waals surface area (Å²) in [5, 5.41) is 4.37. The van der Waals surface area contributed by atoms with Gasteiger partial charge in [-0.2, -0.15) is 0 Å². The highest BCUT2D eigenvalue weighted by molar-refractivity contribution is 5.84. The SMILES string of the molecule is COCCOC(=O)CCc1cc2c(C)cc(=O)oc2cc1OC(=O)CCc1cc(OC)no1. The van der Waals surface area contributed by atoms with Crippen LogP contribution in [0.4, 0.5) is 0 Å². The molecule has 2 aromatic heterocycles. The highest BCUT2D eigenvalue weighted by Gasteiger charge is 2.16. The molecule has 0 atom stereocenters. The topological polar surface area (TPSA) is 127 Å². The Kier molecular flexibility index (Phi) is 8.20. The molecule has 0 aliphatic carbocycles. The van der Waals surface area contributed by atoms with Crippen LogP contribution in [0.1, 0.15) is 29.7 Å². The zero-order valence-corrected chi connectivity index (χ0v) is 18.7. The summed E-state index contributed by atoms with van der Waals surface area (Å²) in [6, 6.07) is 6.20. The predicted molar refractivity (Wildman–Crippen MR) is 115 cm³/mol. The van der Waals surface area contributed by atoms with E-state index in [0.717, 1.165) is 0 Å². The minimum Gasteiger partial charge on any atom is -0.479 e. The van der Waals surface area contributed by atoms with Crippen molar-refractivity contribution in [1.82, 2.24) is 5.16 Å². The highest BCUT2D eigenvalue weighted by Crippen LogP contribution is 2.29. The van der Waals surface area contributed by atoms with Gasteiger partial charge in [0.1, 0.15) is 23.7 Å². The van der Waals surface area contributed by atoms with Crippen molar-refractivity contribution in [2.24, 2.45) is 0 Å². The molecule has 0 amide bonds. The number of nitrogens with zero attached hydrogens (tertiary/aromatic N) is 1. The van der Waals surface area contributed by atoms with Gasteiger partial charge in [-0.05, 0) is 35.7 Å². The lowest BCUT2D eigenvalue weighted by Crippen LogP contribution is -2.13. The molecule has 0 unspecified atom stereocenters. The van der Waals surface area contributed by atoms with Crippen molar-refractivity contribution in [1.29, 1.82) is 0 Å². The number of benzene rings is 1. The standard InChI is InChI=1S/C23H25NO9/c1-14-10-23(27)32-19-13-18(31-22(26)7-5-16-12-20(29-3)24-33-16)15(11-17(14)19)4-6-21(25)30-9-8-28-2/h10-13H,4-9H2,1-3H3. The van der Waals surface area contributed by atoms with Crippen LogP contribution < -0.4 is 15.1 Å². The van der Waals surface area contributed by atoms with Crippen LogP contribution in [0.5, 0.6) is 11.6 Å². The fraction of sp³-hybridized carbons (Fsp3) is 0.391. The molecule has 176 valence electrons. The second-order valence-corrected chi connectivity index (χ2v) is 7.23. The van der Waals surface area contributed by atoms with Crippen molar-refractivity contribution >= 4 is 22.9 Å². The van der Waals surface area contributed by atoms with Gasteiger partial charge in [0.2, 0.25) is 0 Å². The molecule has 3 aromatic rings. The number of rotatable bonds is 11. The molecular weight excluding hydrogens is 434 g/mol. The van der Waals surface area contributed by atoms with Crippen LogP contribution >= 0.6 is 0 Å². The maximum Gasteiger partial charge on any atom is 0.336 e. The number of hydrogen-bond acceptors (Lipinski definition) is 10. The summed E-state index contributed by atoms with van der Waals surface area (Å²) in [6.45, 7) is 2.24. The van der Waals surface area contributed by atoms with Crippen molar-refractivity contribution in [3.63, 3.8) is 0 Å². The quantitative estimate of drug-likeness (QED) is 0.183. The normalized spacial score (nSPS) is 10.9. The number of carbonyl (C=O) groups is 2. The maximum atomic E-state index is 12.5. The molecule has 0 aliphatic rings. The Labute approximate surface area is 189 Å². The van der Waals surface area contributed by atoms with E-state index in [0.29, 0.717) is 34.8 Å². The van der Waals surface area contributed by atoms with Crippen LogP contribution in [0.15, 0.2) is 38.0 Å². The van der Waals surface area contributed by atoms with Crippen LogP contribution in [0.3, 0.4) is 0 Å². The van der Waals surface area contributed by atoms with Crippen molar-refractivity contribution in [3.8, 4) is 11.6 Å². The van der Waals surface area contributed by atoms with Gasteiger partial charge < -0.3 is 27.9 Å². The molecule has 0 bridgehead atoms. The van der Waals surface area contributed by atoms with Gasteiger partial charge >= 0.3 is 17.6 Å². The molecule has 10 nitrogen and oxygen atoms in total. The van der Waals surface area contributed by atoms with E-state index in [1.807, 2.05) is 0 Å². The fourth-order valence-corrected chi connectivity index (χ4v) is 3.14. The summed E-state index contributed by atoms with van der Waals surface area (Å²) < 4.78 is 30.8. The first-order valence-corrected chi connectivity index (χ1v) is 10.3. The third kappa shape index (κ3) is 6.66. The molecule has 0 N–H and O–H groups in total. The largest absolute Gasteiger partial charge is 0.479 e. The Balaban J connectivity index is 1.76. The monoisotopic (exact) mass is 459 g/mol. The third-order valence-corrected chi connectivity index (χ3v) is 4.83. The molecule has 10 heteroatoms. The minimum absolute atomic E-state index is 0.0205. The zero-order chi connectivity index (χ0) is 23.8. The van der Waals surface area contributed by atoms with E-state index in [1.54, 1.807) is 19.1 Å². The van der Waals surface area contributed by atoms with E-state index < -0.39 is 17.6 Å². The Morgan fingerprint density at radius 3 is 2.52 bits per heavy atom. The van der Waals surface area contributed by atoms with Gasteiger partial charge in [-0.3, -0.25) is 9.59 Å². The van der Waals surface area contributed by atoms with Gasteiger partial charge in [0.15, 0.2) is 0 Å². The summed E-state index contributed by atoms with van der Waals surface area (Å²) in [6.07, 6.45) is 0.625. The second kappa shape index (κ2) is 11.3. The molecule has 0 saturated heterocycles. The van der Waals surface area contributed by atoms with Gasteiger partial charge in [-0.25, -0.2) is 4.79 Å². The lowest BCUT2D eigenvalue weighted by molar-refractivity contribution is -0.144. The highest BCUT2D eigenvalue weighted by atomic mass is 16.6. The van der Waals surface area contributed by atoms with Gasteiger partial charge in [-0.15, -0.1) is 0 Å². The van der Waals surface area contributed by atoms with Crippen molar-refractivity contribution in [2.75, 3.05) is 27.4 Å². The molecule has 0 spiro atoms. The van der Waals surface area contributed by atoms with Crippen LogP contribution in [0.25, 0.3) is 11.0 Å². The van der Waals surface area contributed by atoms with Crippen molar-refractivity contribution in [3.05, 3.63) is 51.6 Å². The number of aromatic nitrogens is 1. The average Bonchev–Trinajstić information content (AvgIpc) is 3.25. The van der Waals surface area contributed by atoms with Crippen LogP contribution in [-0.4, -0.2) is 44.5 Å². The van der Waals surface area contributed by atoms with Crippen LogP contribution in [0, 0.1) is 6.92 Å². The Hall–Kier alpha value is -3.66. The Morgan fingerprint density at radius 1 is 1.00 bits per heavy atom. The number of fused-ring (bicyclic) bond motifs is 1. The smallest absolute Gasteiger partial charge is 0.336 e. The van der Waals surface area contributed by atoms with Crippen molar-refractivity contribution < 1.29 is 37.5 Å². The van der Waals surface area contributed by atoms with Gasteiger partial charge in [0.25, 0.3) is 5.88 Å². The first kappa shape index (κ1) is 24.0. The predicted octanol–water partition coefficient (Wildman–Crippen LogP) is 2.76. The lowest BCUT2D eigenvalue weighted by Gasteiger charge is -2.12. The summed E-state index contributed by atoms with van der Waals surface area (Å²) in [5.74, 6) is 0.0747. The second-order valence-electron chi connectivity index (χ2n) is 7.23. The number of methoxy groups -OCH3 is 2. The van der Waals surface area contributed by atoms with E-state index in [4.69, 9.17) is 27.9 Å². The van der Waals surface area contributed by atoms with E-state index in [1.165, 1.54) is 26.4 Å². The lowest BCUT2D eigenvalue weighted by atomic mass is 10.0. The third-order valence-electron chi connectivity index (χ3n) is 4.83. The molecule has 0 saturated carbocycles. The fourth-order valence-electron chi connectivity index (χ4n) is 3.14. The molecule has 0 fully saturated rings. The van der Waals surface area contributed by atoms with Crippen LogP contribution in [-0.2, 0) is 31.9 Å². The maximum absolute atomic E-state index is 12.5. The Bertz CT molecular complexity index is 1180. The number of aryl methyl sites for hydroxylation is 3. The first-order valence-electron chi connectivity index (χ1n) is 10.3. The number of carbonyl (C=O) groups excluding carboxylic acids is 2. The molecule has 3 rings (SSSR count). The molecule has 2 heterocycles. The molecule has 0 radical (unpaired) electrons. The molecule has 1 aromatic carbocycles. The Morgan fingerprint density at radius 2 is 1.79 bits per heavy atom. The summed E-state index contributed by atoms with van der Waals surface area (Å²) in [5.41, 5.74) is 1.10. The summed E-state index contributed by atoms with van der Waals surface area (Å²) >= 11 is 0. The number of esters is 2. The van der Waals surface area contributed by atoms with Gasteiger partial charge in [0, 0.05) is 43.5 Å². The summed E-state index contributed by atoms with van der Waals surface area (Å²) in [4.78, 5) is 36.3. The average molecular weight is 459 g/mol. The molecule has 0 aliphatic heterocycles. The zero-order valence-electron chi connectivity index (χ0n) is 18.7. The molecule has 33 heavy (non-hydrogen) atoms. The molecular formula is C23H25NO9. The number of ether oxygens (including phenoxy) is 4. The van der Waals surface area contributed by atoms with Crippen LogP contribution in [0.2, 0.25) is 0 Å². The van der Waals surface area contributed by atoms with Gasteiger partial charge in [-0.1, -0.05) is 0 Å². The number of hydrogen-bond donors (Lipinski definition) is 0. The van der Waals surface area contributed by atoms with E-state index in [-0.39, 0.29) is 43.6 Å². The van der Waals surface area contributed by atoms with E-state index in [2.05, 4.69) is 5.16 Å². The van der Waals surface area contributed by atoms with Crippen molar-refractivity contribution in [2.45, 2.75) is 32.6 Å².